The van der Waals surface area contributed by atoms with Crippen molar-refractivity contribution in [1.29, 1.82) is 0 Å². The Bertz CT molecular complexity index is 1560. The van der Waals surface area contributed by atoms with Crippen molar-refractivity contribution in [2.24, 2.45) is 11.7 Å². The van der Waals surface area contributed by atoms with Crippen LogP contribution in [0, 0.1) is 17.6 Å². The Labute approximate surface area is 212 Å². The van der Waals surface area contributed by atoms with E-state index in [0.29, 0.717) is 30.9 Å². The van der Waals surface area contributed by atoms with Crippen LogP contribution in [-0.4, -0.2) is 64.6 Å². The number of aliphatic hydroxyl groups is 1. The van der Waals surface area contributed by atoms with Gasteiger partial charge in [0.2, 0.25) is 0 Å². The number of pyridine rings is 1. The van der Waals surface area contributed by atoms with Gasteiger partial charge in [-0.05, 0) is 30.3 Å². The van der Waals surface area contributed by atoms with Crippen LogP contribution >= 0.6 is 0 Å². The smallest absolute Gasteiger partial charge is 0.175 e. The topological polar surface area (TPSA) is 127 Å². The standard InChI is InChI=1S/C25H26F2N6O3S/c1-14-12-32(13-20(28)25(14)34)22-5-6-29-10-15(22)7-23-30-11-16-3-4-21(31-33(16)23)24-18(26)8-17(9-19(24)27)37(2,35)36/h3-6,8-11,14,20,25,34H,7,12-13,28H2,1-2H3/t14-,20+,25+/m0/s1. The third-order valence-corrected chi connectivity index (χ3v) is 7.77. The Morgan fingerprint density at radius 2 is 1.86 bits per heavy atom. The summed E-state index contributed by atoms with van der Waals surface area (Å²) in [4.78, 5) is 10.4. The van der Waals surface area contributed by atoms with Crippen LogP contribution in [0.4, 0.5) is 14.5 Å². The number of anilines is 1. The lowest BCUT2D eigenvalue weighted by molar-refractivity contribution is 0.0784. The minimum atomic E-state index is -3.78. The lowest BCUT2D eigenvalue weighted by Gasteiger charge is -2.40. The van der Waals surface area contributed by atoms with Crippen LogP contribution in [0.2, 0.25) is 0 Å². The van der Waals surface area contributed by atoms with Gasteiger partial charge in [0.05, 0.1) is 34.0 Å². The molecule has 1 saturated heterocycles. The van der Waals surface area contributed by atoms with E-state index in [9.17, 15) is 22.3 Å². The number of sulfone groups is 1. The number of hydrogen-bond acceptors (Lipinski definition) is 8. The van der Waals surface area contributed by atoms with Crippen LogP contribution in [-0.2, 0) is 16.3 Å². The van der Waals surface area contributed by atoms with E-state index < -0.39 is 38.0 Å². The van der Waals surface area contributed by atoms with Gasteiger partial charge in [-0.15, -0.1) is 0 Å². The van der Waals surface area contributed by atoms with Crippen molar-refractivity contribution in [3.63, 3.8) is 0 Å². The van der Waals surface area contributed by atoms with Crippen molar-refractivity contribution in [1.82, 2.24) is 19.6 Å². The molecular weight excluding hydrogens is 502 g/mol. The zero-order valence-electron chi connectivity index (χ0n) is 20.2. The number of imidazole rings is 1. The van der Waals surface area contributed by atoms with Gasteiger partial charge in [0.15, 0.2) is 9.84 Å². The number of fused-ring (bicyclic) bond motifs is 1. The first kappa shape index (κ1) is 25.2. The molecule has 3 N–H and O–H groups in total. The third-order valence-electron chi connectivity index (χ3n) is 6.68. The molecule has 0 bridgehead atoms. The Kier molecular flexibility index (Phi) is 6.42. The van der Waals surface area contributed by atoms with Gasteiger partial charge < -0.3 is 15.7 Å². The van der Waals surface area contributed by atoms with Gasteiger partial charge in [-0.3, -0.25) is 4.98 Å². The second-order valence-electron chi connectivity index (χ2n) is 9.48. The summed E-state index contributed by atoms with van der Waals surface area (Å²) in [7, 11) is -3.78. The van der Waals surface area contributed by atoms with Crippen molar-refractivity contribution >= 4 is 21.0 Å². The van der Waals surface area contributed by atoms with Crippen molar-refractivity contribution < 1.29 is 22.3 Å². The number of nitrogens with two attached hydrogens (primary N) is 1. The fourth-order valence-corrected chi connectivity index (χ4v) is 5.38. The number of benzene rings is 1. The van der Waals surface area contributed by atoms with Gasteiger partial charge in [-0.1, -0.05) is 6.92 Å². The van der Waals surface area contributed by atoms with E-state index in [0.717, 1.165) is 29.6 Å². The summed E-state index contributed by atoms with van der Waals surface area (Å²) in [6.07, 6.45) is 5.66. The molecule has 0 aliphatic carbocycles. The summed E-state index contributed by atoms with van der Waals surface area (Å²) < 4.78 is 54.7. The maximum absolute atomic E-state index is 14.8. The fraction of sp³-hybridized carbons (Fsp3) is 0.320. The zero-order chi connectivity index (χ0) is 26.5. The summed E-state index contributed by atoms with van der Waals surface area (Å²) >= 11 is 0. The largest absolute Gasteiger partial charge is 0.391 e. The molecule has 4 heterocycles. The second kappa shape index (κ2) is 9.43. The van der Waals surface area contributed by atoms with E-state index in [1.165, 1.54) is 10.6 Å². The molecule has 0 saturated carbocycles. The molecule has 1 fully saturated rings. The maximum Gasteiger partial charge on any atom is 0.175 e. The van der Waals surface area contributed by atoms with Crippen LogP contribution in [0.25, 0.3) is 16.8 Å². The first-order chi connectivity index (χ1) is 17.5. The van der Waals surface area contributed by atoms with E-state index in [2.05, 4.69) is 20.0 Å². The van der Waals surface area contributed by atoms with Crippen molar-refractivity contribution in [3.05, 3.63) is 71.9 Å². The van der Waals surface area contributed by atoms with Gasteiger partial charge in [0.25, 0.3) is 0 Å². The Hall–Kier alpha value is -3.48. The molecule has 37 heavy (non-hydrogen) atoms. The van der Waals surface area contributed by atoms with Gasteiger partial charge in [-0.2, -0.15) is 5.10 Å². The van der Waals surface area contributed by atoms with Crippen molar-refractivity contribution in [3.8, 4) is 11.3 Å². The molecule has 4 aromatic rings. The summed E-state index contributed by atoms with van der Waals surface area (Å²) in [6.45, 7) is 3.06. The highest BCUT2D eigenvalue weighted by molar-refractivity contribution is 7.90. The van der Waals surface area contributed by atoms with Gasteiger partial charge in [0.1, 0.15) is 17.5 Å². The highest BCUT2D eigenvalue weighted by atomic mass is 32.2. The monoisotopic (exact) mass is 528 g/mol. The second-order valence-corrected chi connectivity index (χ2v) is 11.5. The van der Waals surface area contributed by atoms with E-state index in [-0.39, 0.29) is 17.7 Å². The van der Waals surface area contributed by atoms with Crippen LogP contribution in [0.1, 0.15) is 18.3 Å². The van der Waals surface area contributed by atoms with Crippen LogP contribution in [0.5, 0.6) is 0 Å². The van der Waals surface area contributed by atoms with Crippen molar-refractivity contribution in [2.45, 2.75) is 30.4 Å². The minimum absolute atomic E-state index is 0.00183. The molecule has 1 aliphatic rings. The molecule has 0 amide bonds. The number of nitrogens with zero attached hydrogens (tertiary/aromatic N) is 5. The minimum Gasteiger partial charge on any atom is -0.391 e. The van der Waals surface area contributed by atoms with Gasteiger partial charge >= 0.3 is 0 Å². The first-order valence-electron chi connectivity index (χ1n) is 11.7. The Morgan fingerprint density at radius 3 is 2.54 bits per heavy atom. The number of piperidine rings is 1. The molecule has 1 aromatic carbocycles. The number of aliphatic hydroxyl groups excluding tert-OH is 1. The predicted octanol–water partition coefficient (Wildman–Crippen LogP) is 2.21. The molecule has 3 atom stereocenters. The zero-order valence-corrected chi connectivity index (χ0v) is 21.0. The highest BCUT2D eigenvalue weighted by Gasteiger charge is 2.32. The van der Waals surface area contributed by atoms with Crippen LogP contribution < -0.4 is 10.6 Å². The summed E-state index contributed by atoms with van der Waals surface area (Å²) in [6, 6.07) is 6.17. The molecule has 0 spiro atoms. The SMILES string of the molecule is C[C@H]1CN(c2ccncc2Cc2ncc3ccc(-c4c(F)cc(S(C)(=O)=O)cc4F)nn23)C[C@@H](N)[C@@H]1O. The third kappa shape index (κ3) is 4.79. The first-order valence-corrected chi connectivity index (χ1v) is 13.6. The number of aromatic nitrogens is 4. The number of halogens is 2. The normalized spacial score (nSPS) is 20.5. The van der Waals surface area contributed by atoms with Crippen LogP contribution in [0.15, 0.2) is 53.8 Å². The predicted molar refractivity (Wildman–Crippen MR) is 134 cm³/mol. The molecule has 5 rings (SSSR count). The lowest BCUT2D eigenvalue weighted by atomic mass is 9.92. The summed E-state index contributed by atoms with van der Waals surface area (Å²) in [5.74, 6) is -1.54. The van der Waals surface area contributed by atoms with Gasteiger partial charge in [-0.25, -0.2) is 26.7 Å². The van der Waals surface area contributed by atoms with Crippen molar-refractivity contribution in [2.75, 3.05) is 24.2 Å². The molecule has 1 aliphatic heterocycles. The van der Waals surface area contributed by atoms with E-state index in [4.69, 9.17) is 5.73 Å². The molecule has 194 valence electrons. The van der Waals surface area contributed by atoms with E-state index in [1.54, 1.807) is 24.7 Å². The average Bonchev–Trinajstić information content (AvgIpc) is 3.23. The lowest BCUT2D eigenvalue weighted by Crippen LogP contribution is -2.55. The molecule has 0 radical (unpaired) electrons. The molecular formula is C25H26F2N6O3S. The maximum atomic E-state index is 14.8. The van der Waals surface area contributed by atoms with E-state index >= 15 is 0 Å². The number of hydrogen-bond donors (Lipinski definition) is 2. The molecule has 3 aromatic heterocycles. The summed E-state index contributed by atoms with van der Waals surface area (Å²) in [5, 5.41) is 14.7. The quantitative estimate of drug-likeness (QED) is 0.404. The number of rotatable bonds is 5. The van der Waals surface area contributed by atoms with Crippen LogP contribution in [0.3, 0.4) is 0 Å². The molecule has 0 unspecified atom stereocenters. The highest BCUT2D eigenvalue weighted by Crippen LogP contribution is 2.30. The Balaban J connectivity index is 1.51. The fourth-order valence-electron chi connectivity index (χ4n) is 4.74. The average molecular weight is 529 g/mol. The van der Waals surface area contributed by atoms with E-state index in [1.807, 2.05) is 13.0 Å². The van der Waals surface area contributed by atoms with Gasteiger partial charge in [0, 0.05) is 61.4 Å². The molecule has 9 nitrogen and oxygen atoms in total. The molecule has 12 heteroatoms. The Morgan fingerprint density at radius 1 is 1.14 bits per heavy atom. The summed E-state index contributed by atoms with van der Waals surface area (Å²) in [5.41, 5.74) is 8.11.